The van der Waals surface area contributed by atoms with Gasteiger partial charge in [0.1, 0.15) is 5.01 Å². The average Bonchev–Trinajstić information content (AvgIpc) is 3.00. The number of nitrogens with two attached hydrogens (primary N) is 1. The molecule has 1 atom stereocenters. The fraction of sp³-hybridized carbons (Fsp3) is 0.214. The third-order valence-corrected chi connectivity index (χ3v) is 4.19. The van der Waals surface area contributed by atoms with E-state index in [1.165, 1.54) is 6.33 Å². The summed E-state index contributed by atoms with van der Waals surface area (Å²) in [6.45, 7) is 2.08. The molecule has 0 spiro atoms. The van der Waals surface area contributed by atoms with Crippen LogP contribution in [0.3, 0.4) is 0 Å². The first-order valence-corrected chi connectivity index (χ1v) is 7.50. The van der Waals surface area contributed by atoms with Crippen LogP contribution >= 0.6 is 11.3 Å². The van der Waals surface area contributed by atoms with Crippen molar-refractivity contribution in [3.05, 3.63) is 45.4 Å². The number of nitrogens with zero attached hydrogens (tertiary/aromatic N) is 2. The highest BCUT2D eigenvalue weighted by atomic mass is 32.1. The van der Waals surface area contributed by atoms with Gasteiger partial charge in [-0.05, 0) is 18.6 Å². The number of H-pyrrole nitrogens is 1. The minimum atomic E-state index is -0.190. The molecule has 0 amide bonds. The van der Waals surface area contributed by atoms with E-state index in [9.17, 15) is 4.79 Å². The van der Waals surface area contributed by atoms with Gasteiger partial charge in [0.2, 0.25) is 0 Å². The predicted molar refractivity (Wildman–Crippen MR) is 85.5 cm³/mol. The lowest BCUT2D eigenvalue weighted by Gasteiger charge is -2.17. The maximum absolute atomic E-state index is 11.7. The van der Waals surface area contributed by atoms with Gasteiger partial charge in [0.05, 0.1) is 34.6 Å². The first kappa shape index (κ1) is 13.6. The molecule has 0 aliphatic rings. The smallest absolute Gasteiger partial charge is 0.258 e. The zero-order valence-electron chi connectivity index (χ0n) is 11.5. The molecular formula is C14H15N5OS. The van der Waals surface area contributed by atoms with Crippen LogP contribution in [0, 0.1) is 0 Å². The van der Waals surface area contributed by atoms with Crippen LogP contribution in [-0.4, -0.2) is 15.0 Å². The third kappa shape index (κ3) is 2.59. The van der Waals surface area contributed by atoms with Crippen molar-refractivity contribution in [2.75, 3.05) is 11.1 Å². The summed E-state index contributed by atoms with van der Waals surface area (Å²) in [7, 11) is 0. The third-order valence-electron chi connectivity index (χ3n) is 3.30. The van der Waals surface area contributed by atoms with Crippen molar-refractivity contribution in [2.45, 2.75) is 19.4 Å². The first-order valence-electron chi connectivity index (χ1n) is 6.62. The van der Waals surface area contributed by atoms with Gasteiger partial charge in [-0.1, -0.05) is 6.92 Å². The van der Waals surface area contributed by atoms with E-state index in [4.69, 9.17) is 5.73 Å². The predicted octanol–water partition coefficient (Wildman–Crippen LogP) is 2.53. The molecule has 6 nitrogen and oxygen atoms in total. The van der Waals surface area contributed by atoms with Crippen LogP contribution in [0.15, 0.2) is 34.8 Å². The van der Waals surface area contributed by atoms with Crippen molar-refractivity contribution in [3.8, 4) is 0 Å². The maximum Gasteiger partial charge on any atom is 0.258 e. The molecule has 0 aliphatic heterocycles. The highest BCUT2D eigenvalue weighted by molar-refractivity contribution is 7.09. The maximum atomic E-state index is 11.7. The zero-order valence-corrected chi connectivity index (χ0v) is 12.3. The molecule has 0 fully saturated rings. The molecule has 0 radical (unpaired) electrons. The number of fused-ring (bicyclic) bond motifs is 1. The van der Waals surface area contributed by atoms with Gasteiger partial charge >= 0.3 is 0 Å². The van der Waals surface area contributed by atoms with Crippen LogP contribution in [0.5, 0.6) is 0 Å². The SMILES string of the molecule is CCC(Nc1cc2nc[nH]c(=O)c2cc1N)c1nccs1. The number of aromatic nitrogens is 3. The lowest BCUT2D eigenvalue weighted by Crippen LogP contribution is -2.12. The molecule has 0 aliphatic carbocycles. The number of aromatic amines is 1. The summed E-state index contributed by atoms with van der Waals surface area (Å²) in [5.41, 5.74) is 7.77. The second-order valence-corrected chi connectivity index (χ2v) is 5.59. The highest BCUT2D eigenvalue weighted by Gasteiger charge is 2.14. The second kappa shape index (κ2) is 5.53. The minimum Gasteiger partial charge on any atom is -0.397 e. The molecule has 0 saturated carbocycles. The summed E-state index contributed by atoms with van der Waals surface area (Å²) in [6.07, 6.45) is 4.06. The molecular weight excluding hydrogens is 286 g/mol. The van der Waals surface area contributed by atoms with Gasteiger partial charge in [-0.2, -0.15) is 0 Å². The van der Waals surface area contributed by atoms with Crippen molar-refractivity contribution in [2.24, 2.45) is 0 Å². The monoisotopic (exact) mass is 301 g/mol. The summed E-state index contributed by atoms with van der Waals surface area (Å²) in [4.78, 5) is 22.8. The van der Waals surface area contributed by atoms with Crippen LogP contribution in [0.25, 0.3) is 10.9 Å². The molecule has 4 N–H and O–H groups in total. The Morgan fingerprint density at radius 1 is 1.43 bits per heavy atom. The topological polar surface area (TPSA) is 96.7 Å². The number of nitrogens with one attached hydrogen (secondary N) is 2. The highest BCUT2D eigenvalue weighted by Crippen LogP contribution is 2.29. The number of thiazole rings is 1. The average molecular weight is 301 g/mol. The molecule has 3 rings (SSSR count). The summed E-state index contributed by atoms with van der Waals surface area (Å²) >= 11 is 1.60. The van der Waals surface area contributed by atoms with Crippen LogP contribution in [0.2, 0.25) is 0 Å². The summed E-state index contributed by atoms with van der Waals surface area (Å²) in [5, 5.41) is 6.83. The van der Waals surface area contributed by atoms with E-state index in [1.807, 2.05) is 5.38 Å². The Labute approximate surface area is 125 Å². The number of hydrogen-bond acceptors (Lipinski definition) is 6. The fourth-order valence-electron chi connectivity index (χ4n) is 2.19. The lowest BCUT2D eigenvalue weighted by atomic mass is 10.1. The van der Waals surface area contributed by atoms with E-state index in [0.29, 0.717) is 16.6 Å². The van der Waals surface area contributed by atoms with Crippen molar-refractivity contribution in [1.29, 1.82) is 0 Å². The Bertz CT molecular complexity index is 812. The van der Waals surface area contributed by atoms with Gasteiger partial charge in [-0.15, -0.1) is 11.3 Å². The molecule has 0 bridgehead atoms. The summed E-state index contributed by atoms with van der Waals surface area (Å²) < 4.78 is 0. The number of hydrogen-bond donors (Lipinski definition) is 3. The van der Waals surface area contributed by atoms with Crippen LogP contribution < -0.4 is 16.6 Å². The Morgan fingerprint density at radius 3 is 3.00 bits per heavy atom. The molecule has 1 aromatic carbocycles. The van der Waals surface area contributed by atoms with Gasteiger partial charge in [0.15, 0.2) is 0 Å². The van der Waals surface area contributed by atoms with E-state index in [1.54, 1.807) is 29.7 Å². The van der Waals surface area contributed by atoms with Crippen molar-refractivity contribution < 1.29 is 0 Å². The molecule has 7 heteroatoms. The second-order valence-electron chi connectivity index (χ2n) is 4.66. The number of anilines is 2. The molecule has 21 heavy (non-hydrogen) atoms. The van der Waals surface area contributed by atoms with E-state index < -0.39 is 0 Å². The number of benzene rings is 1. The minimum absolute atomic E-state index is 0.0896. The number of nitrogen functional groups attached to an aromatic ring is 1. The van der Waals surface area contributed by atoms with Crippen molar-refractivity contribution in [3.63, 3.8) is 0 Å². The van der Waals surface area contributed by atoms with E-state index in [-0.39, 0.29) is 11.6 Å². The Morgan fingerprint density at radius 2 is 2.29 bits per heavy atom. The summed E-state index contributed by atoms with van der Waals surface area (Å²) in [6, 6.07) is 3.54. The van der Waals surface area contributed by atoms with Gasteiger partial charge in [0, 0.05) is 11.6 Å². The fourth-order valence-corrected chi connectivity index (χ4v) is 2.96. The van der Waals surface area contributed by atoms with Crippen LogP contribution in [0.1, 0.15) is 24.4 Å². The molecule has 0 saturated heterocycles. The Hall–Kier alpha value is -2.41. The molecule has 108 valence electrons. The molecule has 2 heterocycles. The van der Waals surface area contributed by atoms with E-state index in [2.05, 4.69) is 27.2 Å². The van der Waals surface area contributed by atoms with E-state index in [0.717, 1.165) is 17.1 Å². The molecule has 1 unspecified atom stereocenters. The number of rotatable bonds is 4. The van der Waals surface area contributed by atoms with Gasteiger partial charge in [0.25, 0.3) is 5.56 Å². The Kier molecular flexibility index (Phi) is 3.57. The van der Waals surface area contributed by atoms with Gasteiger partial charge in [-0.3, -0.25) is 4.79 Å². The lowest BCUT2D eigenvalue weighted by molar-refractivity contribution is 0.743. The van der Waals surface area contributed by atoms with E-state index >= 15 is 0 Å². The summed E-state index contributed by atoms with van der Waals surface area (Å²) in [5.74, 6) is 0. The first-order chi connectivity index (χ1) is 10.2. The zero-order chi connectivity index (χ0) is 14.8. The largest absolute Gasteiger partial charge is 0.397 e. The standard InChI is InChI=1S/C14H15N5OS/c1-2-10(14-16-3-4-21-14)19-12-6-11-8(5-9(12)15)13(20)18-7-17-11/h3-7,10,19H,2,15H2,1H3,(H,17,18,20). The van der Waals surface area contributed by atoms with Crippen LogP contribution in [0.4, 0.5) is 11.4 Å². The molecule has 2 aromatic heterocycles. The normalized spacial score (nSPS) is 12.4. The van der Waals surface area contributed by atoms with Gasteiger partial charge in [-0.25, -0.2) is 9.97 Å². The molecule has 3 aromatic rings. The van der Waals surface area contributed by atoms with Crippen molar-refractivity contribution in [1.82, 2.24) is 15.0 Å². The van der Waals surface area contributed by atoms with Gasteiger partial charge < -0.3 is 16.0 Å². The Balaban J connectivity index is 2.00. The van der Waals surface area contributed by atoms with Crippen molar-refractivity contribution >= 4 is 33.6 Å². The quantitative estimate of drug-likeness (QED) is 0.643. The van der Waals surface area contributed by atoms with Crippen LogP contribution in [-0.2, 0) is 0 Å².